The van der Waals surface area contributed by atoms with Gasteiger partial charge in [-0.05, 0) is 31.2 Å². The summed E-state index contributed by atoms with van der Waals surface area (Å²) in [5.41, 5.74) is 1.94. The van der Waals surface area contributed by atoms with Crippen molar-refractivity contribution in [3.63, 3.8) is 0 Å². The summed E-state index contributed by atoms with van der Waals surface area (Å²) in [5, 5.41) is 5.62. The Bertz CT molecular complexity index is 627. The van der Waals surface area contributed by atoms with Crippen molar-refractivity contribution in [2.24, 2.45) is 0 Å². The molecule has 0 saturated heterocycles. The maximum atomic E-state index is 11.8. The Balaban J connectivity index is 1.91. The van der Waals surface area contributed by atoms with Crippen molar-refractivity contribution in [1.82, 2.24) is 10.3 Å². The number of hydrogen-bond acceptors (Lipinski definition) is 5. The number of rotatable bonds is 6. The van der Waals surface area contributed by atoms with E-state index in [9.17, 15) is 9.59 Å². The molecule has 114 valence electrons. The van der Waals surface area contributed by atoms with E-state index in [2.05, 4.69) is 15.6 Å². The third-order valence-electron chi connectivity index (χ3n) is 2.76. The molecule has 0 fully saturated rings. The topological polar surface area (TPSA) is 80.3 Å². The van der Waals surface area contributed by atoms with Gasteiger partial charge < -0.3 is 15.4 Å². The first-order chi connectivity index (χ1) is 10.7. The predicted octanol–water partition coefficient (Wildman–Crippen LogP) is 2.12. The molecule has 0 unspecified atom stereocenters. The highest BCUT2D eigenvalue weighted by molar-refractivity contribution is 5.94. The van der Waals surface area contributed by atoms with Crippen molar-refractivity contribution in [2.75, 3.05) is 18.5 Å². The highest BCUT2D eigenvalue weighted by Gasteiger charge is 2.09. The second-order valence-electron chi connectivity index (χ2n) is 4.41. The molecule has 0 atom stereocenters. The number of benzene rings is 1. The third kappa shape index (κ3) is 4.59. The van der Waals surface area contributed by atoms with E-state index in [1.807, 2.05) is 30.3 Å². The number of para-hydroxylation sites is 1. The first-order valence-electron chi connectivity index (χ1n) is 6.91. The minimum absolute atomic E-state index is 0.168. The van der Waals surface area contributed by atoms with Crippen LogP contribution in [0.2, 0.25) is 0 Å². The fourth-order valence-corrected chi connectivity index (χ4v) is 1.75. The molecule has 2 aromatic rings. The minimum Gasteiger partial charge on any atom is -0.465 e. The molecule has 2 N–H and O–H groups in total. The van der Waals surface area contributed by atoms with Crippen molar-refractivity contribution in [3.8, 4) is 0 Å². The van der Waals surface area contributed by atoms with Crippen LogP contribution < -0.4 is 10.6 Å². The number of ether oxygens (including phenoxy) is 1. The number of anilines is 2. The number of carbonyl (C=O) groups is 2. The van der Waals surface area contributed by atoms with E-state index in [-0.39, 0.29) is 18.8 Å². The van der Waals surface area contributed by atoms with E-state index in [0.29, 0.717) is 0 Å². The SMILES string of the molecule is CCOC(=O)CNC(=O)c1ccc(Nc2ccccc2)cn1. The molecule has 0 spiro atoms. The Labute approximate surface area is 128 Å². The highest BCUT2D eigenvalue weighted by Crippen LogP contribution is 2.14. The summed E-state index contributed by atoms with van der Waals surface area (Å²) < 4.78 is 4.73. The number of amides is 1. The lowest BCUT2D eigenvalue weighted by Crippen LogP contribution is -2.31. The molecule has 0 bridgehead atoms. The van der Waals surface area contributed by atoms with Crippen LogP contribution in [-0.2, 0) is 9.53 Å². The van der Waals surface area contributed by atoms with E-state index in [1.54, 1.807) is 25.3 Å². The molecular weight excluding hydrogens is 282 g/mol. The summed E-state index contributed by atoms with van der Waals surface area (Å²) in [6, 6.07) is 13.0. The fourth-order valence-electron chi connectivity index (χ4n) is 1.75. The first kappa shape index (κ1) is 15.5. The Hall–Kier alpha value is -2.89. The predicted molar refractivity (Wildman–Crippen MR) is 82.9 cm³/mol. The van der Waals surface area contributed by atoms with Gasteiger partial charge in [-0.15, -0.1) is 0 Å². The lowest BCUT2D eigenvalue weighted by molar-refractivity contribution is -0.141. The van der Waals surface area contributed by atoms with Crippen LogP contribution in [0.25, 0.3) is 0 Å². The zero-order valence-electron chi connectivity index (χ0n) is 12.2. The molecule has 22 heavy (non-hydrogen) atoms. The average Bonchev–Trinajstić information content (AvgIpc) is 2.54. The summed E-state index contributed by atoms with van der Waals surface area (Å²) in [6.07, 6.45) is 1.56. The zero-order chi connectivity index (χ0) is 15.8. The molecule has 6 heteroatoms. The lowest BCUT2D eigenvalue weighted by Gasteiger charge is -2.07. The van der Waals surface area contributed by atoms with Gasteiger partial charge in [-0.1, -0.05) is 18.2 Å². The molecule has 1 aromatic carbocycles. The van der Waals surface area contributed by atoms with Crippen LogP contribution >= 0.6 is 0 Å². The quantitative estimate of drug-likeness (QED) is 0.799. The van der Waals surface area contributed by atoms with Crippen LogP contribution in [0.5, 0.6) is 0 Å². The number of nitrogens with one attached hydrogen (secondary N) is 2. The normalized spacial score (nSPS) is 9.86. The van der Waals surface area contributed by atoms with Crippen LogP contribution in [0.4, 0.5) is 11.4 Å². The van der Waals surface area contributed by atoms with Gasteiger partial charge in [0, 0.05) is 5.69 Å². The van der Waals surface area contributed by atoms with Gasteiger partial charge in [-0.2, -0.15) is 0 Å². The van der Waals surface area contributed by atoms with Gasteiger partial charge in [-0.3, -0.25) is 9.59 Å². The van der Waals surface area contributed by atoms with Gasteiger partial charge in [0.15, 0.2) is 0 Å². The van der Waals surface area contributed by atoms with Crippen LogP contribution in [0.1, 0.15) is 17.4 Å². The number of esters is 1. The largest absolute Gasteiger partial charge is 0.465 e. The Kier molecular flexibility index (Phi) is 5.48. The maximum Gasteiger partial charge on any atom is 0.325 e. The standard InChI is InChI=1S/C16H17N3O3/c1-2-22-15(20)11-18-16(21)14-9-8-13(10-17-14)19-12-6-4-3-5-7-12/h3-10,19H,2,11H2,1H3,(H,18,21). The second-order valence-corrected chi connectivity index (χ2v) is 4.41. The summed E-state index contributed by atoms with van der Waals surface area (Å²) in [4.78, 5) is 27.1. The van der Waals surface area contributed by atoms with Crippen LogP contribution in [0, 0.1) is 0 Å². The molecule has 0 aliphatic heterocycles. The van der Waals surface area contributed by atoms with E-state index < -0.39 is 11.9 Å². The molecule has 0 aliphatic carbocycles. The second kappa shape index (κ2) is 7.78. The Morgan fingerprint density at radius 1 is 1.09 bits per heavy atom. The molecule has 0 aliphatic rings. The van der Waals surface area contributed by atoms with Crippen molar-refractivity contribution in [1.29, 1.82) is 0 Å². The lowest BCUT2D eigenvalue weighted by atomic mass is 10.3. The molecule has 6 nitrogen and oxygen atoms in total. The van der Waals surface area contributed by atoms with Crippen molar-refractivity contribution >= 4 is 23.3 Å². The summed E-state index contributed by atoms with van der Waals surface area (Å²) in [6.45, 7) is 1.82. The maximum absolute atomic E-state index is 11.8. The van der Waals surface area contributed by atoms with Gasteiger partial charge in [0.2, 0.25) is 0 Å². The monoisotopic (exact) mass is 299 g/mol. The van der Waals surface area contributed by atoms with E-state index in [4.69, 9.17) is 4.74 Å². The van der Waals surface area contributed by atoms with E-state index >= 15 is 0 Å². The van der Waals surface area contributed by atoms with Gasteiger partial charge in [0.1, 0.15) is 12.2 Å². The zero-order valence-corrected chi connectivity index (χ0v) is 12.2. The number of carbonyl (C=O) groups excluding carboxylic acids is 2. The molecule has 0 radical (unpaired) electrons. The summed E-state index contributed by atoms with van der Waals surface area (Å²) in [5.74, 6) is -0.891. The van der Waals surface area contributed by atoms with Gasteiger partial charge in [0.25, 0.3) is 5.91 Å². The smallest absolute Gasteiger partial charge is 0.325 e. The van der Waals surface area contributed by atoms with Gasteiger partial charge in [-0.25, -0.2) is 4.98 Å². The van der Waals surface area contributed by atoms with Crippen LogP contribution in [-0.4, -0.2) is 30.0 Å². The number of aromatic nitrogens is 1. The van der Waals surface area contributed by atoms with E-state index in [1.165, 1.54) is 0 Å². The first-order valence-corrected chi connectivity index (χ1v) is 6.91. The van der Waals surface area contributed by atoms with Gasteiger partial charge in [0.05, 0.1) is 18.5 Å². The minimum atomic E-state index is -0.474. The molecule has 1 amide bonds. The summed E-state index contributed by atoms with van der Waals surface area (Å²) >= 11 is 0. The highest BCUT2D eigenvalue weighted by atomic mass is 16.5. The van der Waals surface area contributed by atoms with Crippen LogP contribution in [0.15, 0.2) is 48.7 Å². The van der Waals surface area contributed by atoms with Crippen molar-refractivity contribution < 1.29 is 14.3 Å². The molecule has 1 heterocycles. The molecule has 1 aromatic heterocycles. The number of hydrogen-bond donors (Lipinski definition) is 2. The van der Waals surface area contributed by atoms with Crippen molar-refractivity contribution in [2.45, 2.75) is 6.92 Å². The van der Waals surface area contributed by atoms with Crippen molar-refractivity contribution in [3.05, 3.63) is 54.4 Å². The molecule has 0 saturated carbocycles. The molecular formula is C16H17N3O3. The third-order valence-corrected chi connectivity index (χ3v) is 2.76. The van der Waals surface area contributed by atoms with Crippen LogP contribution in [0.3, 0.4) is 0 Å². The Morgan fingerprint density at radius 2 is 1.86 bits per heavy atom. The average molecular weight is 299 g/mol. The summed E-state index contributed by atoms with van der Waals surface area (Å²) in [7, 11) is 0. The Morgan fingerprint density at radius 3 is 2.50 bits per heavy atom. The molecule has 2 rings (SSSR count). The van der Waals surface area contributed by atoms with E-state index in [0.717, 1.165) is 11.4 Å². The fraction of sp³-hybridized carbons (Fsp3) is 0.188. The number of pyridine rings is 1. The number of nitrogens with zero attached hydrogens (tertiary/aromatic N) is 1. The van der Waals surface area contributed by atoms with Gasteiger partial charge >= 0.3 is 5.97 Å².